The van der Waals surface area contributed by atoms with Crippen molar-refractivity contribution >= 4 is 23.5 Å². The van der Waals surface area contributed by atoms with Gasteiger partial charge in [-0.25, -0.2) is 18.8 Å². The smallest absolute Gasteiger partial charge is 0.416 e. The second kappa shape index (κ2) is 12.1. The fourth-order valence-electron chi connectivity index (χ4n) is 5.35. The molecule has 2 aromatic carbocycles. The van der Waals surface area contributed by atoms with Crippen molar-refractivity contribution in [3.05, 3.63) is 76.7 Å². The fourth-order valence-corrected chi connectivity index (χ4v) is 5.35. The first-order valence-corrected chi connectivity index (χ1v) is 13.5. The van der Waals surface area contributed by atoms with Crippen LogP contribution in [0.3, 0.4) is 0 Å². The Kier molecular flexibility index (Phi) is 8.41. The van der Waals surface area contributed by atoms with Crippen LogP contribution in [0.1, 0.15) is 36.8 Å². The van der Waals surface area contributed by atoms with Crippen molar-refractivity contribution < 1.29 is 41.4 Å². The van der Waals surface area contributed by atoms with E-state index >= 15 is 0 Å². The predicted octanol–water partition coefficient (Wildman–Crippen LogP) is 4.98. The molecule has 0 spiro atoms. The monoisotopic (exact) mass is 618 g/mol. The highest BCUT2D eigenvalue weighted by Gasteiger charge is 2.43. The number of nitrogens with two attached hydrogens (primary N) is 1. The summed E-state index contributed by atoms with van der Waals surface area (Å²) in [4.78, 5) is 35.2. The summed E-state index contributed by atoms with van der Waals surface area (Å²) < 4.78 is 74.8. The van der Waals surface area contributed by atoms with E-state index in [9.17, 15) is 36.6 Å². The van der Waals surface area contributed by atoms with Gasteiger partial charge in [0.05, 0.1) is 30.8 Å². The van der Waals surface area contributed by atoms with Crippen molar-refractivity contribution in [1.29, 1.82) is 0 Å². The van der Waals surface area contributed by atoms with Crippen molar-refractivity contribution in [1.82, 2.24) is 20.0 Å². The van der Waals surface area contributed by atoms with Crippen LogP contribution < -0.4 is 15.8 Å². The Hall–Kier alpha value is -4.79. The van der Waals surface area contributed by atoms with E-state index in [2.05, 4.69) is 15.3 Å². The van der Waals surface area contributed by atoms with E-state index in [-0.39, 0.29) is 34.2 Å². The van der Waals surface area contributed by atoms with Gasteiger partial charge in [-0.3, -0.25) is 14.6 Å². The van der Waals surface area contributed by atoms with Crippen molar-refractivity contribution in [2.24, 2.45) is 0 Å². The van der Waals surface area contributed by atoms with Gasteiger partial charge in [0, 0.05) is 29.6 Å². The number of aromatic nitrogens is 2. The number of methoxy groups -OCH3 is 1. The molecule has 5 rings (SSSR count). The number of benzene rings is 2. The van der Waals surface area contributed by atoms with Crippen LogP contribution in [0.2, 0.25) is 0 Å². The zero-order valence-electron chi connectivity index (χ0n) is 23.3. The zero-order valence-corrected chi connectivity index (χ0v) is 23.3. The maximum Gasteiger partial charge on any atom is 0.416 e. The van der Waals surface area contributed by atoms with Gasteiger partial charge in [-0.1, -0.05) is 25.0 Å². The molecule has 0 bridgehead atoms. The molecule has 3 aromatic rings. The van der Waals surface area contributed by atoms with Gasteiger partial charge in [0.2, 0.25) is 11.8 Å². The van der Waals surface area contributed by atoms with Gasteiger partial charge >= 0.3 is 6.18 Å². The minimum Gasteiger partial charge on any atom is -0.510 e. The van der Waals surface area contributed by atoms with E-state index in [1.165, 1.54) is 24.3 Å². The number of halogens is 5. The number of nitrogen functional groups attached to an aromatic ring is 1. The lowest BCUT2D eigenvalue weighted by Crippen LogP contribution is -2.57. The Morgan fingerprint density at radius 1 is 1.16 bits per heavy atom. The molecule has 0 saturated carbocycles. The van der Waals surface area contributed by atoms with Gasteiger partial charge < -0.3 is 20.9 Å². The van der Waals surface area contributed by atoms with Crippen LogP contribution >= 0.6 is 0 Å². The van der Waals surface area contributed by atoms with Crippen molar-refractivity contribution in [3.8, 4) is 17.0 Å². The lowest BCUT2D eigenvalue weighted by molar-refractivity contribution is -0.156. The number of hydrogen-bond donors (Lipinski definition) is 3. The van der Waals surface area contributed by atoms with Gasteiger partial charge in [0.1, 0.15) is 11.3 Å². The molecule has 3 heterocycles. The van der Waals surface area contributed by atoms with Gasteiger partial charge in [-0.2, -0.15) is 18.2 Å². The van der Waals surface area contributed by atoms with E-state index in [1.807, 2.05) is 0 Å². The summed E-state index contributed by atoms with van der Waals surface area (Å²) in [6.45, 7) is -0.138. The third kappa shape index (κ3) is 5.86. The van der Waals surface area contributed by atoms with E-state index in [4.69, 9.17) is 10.5 Å². The Balaban J connectivity index is 1.57. The molecular formula is C29H27F5N6O4. The third-order valence-electron chi connectivity index (χ3n) is 7.48. The standard InChI is InChI=1S/C29H27F5N6O4/c1-44-26-18(13-36-28(35)38-26)17-12-16(29(32,33)34)9-10-20(17)37-25(42)22-24(41)21-8-3-2-4-11-39(21)40(27(22)43)14-15-6-5-7-19(30)23(15)31/h5-7,9-10,12-13,21,41H,2-4,8,11,14H2,1H3,(H,37,42)(H2,35,36,38). The van der Waals surface area contributed by atoms with Crippen LogP contribution in [-0.2, 0) is 22.3 Å². The molecule has 1 atom stereocenters. The molecule has 44 heavy (non-hydrogen) atoms. The highest BCUT2D eigenvalue weighted by molar-refractivity contribution is 6.24. The first-order chi connectivity index (χ1) is 20.9. The van der Waals surface area contributed by atoms with E-state index in [0.717, 1.165) is 41.9 Å². The molecule has 1 unspecified atom stereocenters. The molecule has 0 aliphatic carbocycles. The number of rotatable bonds is 6. The fraction of sp³-hybridized carbons (Fsp3) is 0.310. The first-order valence-electron chi connectivity index (χ1n) is 13.5. The Labute approximate surface area is 247 Å². The summed E-state index contributed by atoms with van der Waals surface area (Å²) in [5, 5.41) is 16.3. The molecule has 1 fully saturated rings. The lowest BCUT2D eigenvalue weighted by Gasteiger charge is -2.43. The first kappa shape index (κ1) is 30.7. The lowest BCUT2D eigenvalue weighted by atomic mass is 9.99. The predicted molar refractivity (Wildman–Crippen MR) is 148 cm³/mol. The molecule has 10 nitrogen and oxygen atoms in total. The summed E-state index contributed by atoms with van der Waals surface area (Å²) >= 11 is 0. The number of hydrogen-bond acceptors (Lipinski definition) is 8. The normalized spacial score (nSPS) is 17.7. The summed E-state index contributed by atoms with van der Waals surface area (Å²) in [6, 6.07) is 5.14. The largest absolute Gasteiger partial charge is 0.510 e. The van der Waals surface area contributed by atoms with Crippen LogP contribution in [0.5, 0.6) is 5.88 Å². The quantitative estimate of drug-likeness (QED) is 0.260. The number of nitrogens with one attached hydrogen (secondary N) is 1. The topological polar surface area (TPSA) is 134 Å². The number of nitrogens with zero attached hydrogens (tertiary/aromatic N) is 4. The zero-order chi connectivity index (χ0) is 31.8. The highest BCUT2D eigenvalue weighted by atomic mass is 19.4. The van der Waals surface area contributed by atoms with Gasteiger partial charge in [-0.05, 0) is 37.1 Å². The van der Waals surface area contributed by atoms with Crippen LogP contribution in [0.15, 0.2) is 53.9 Å². The Morgan fingerprint density at radius 3 is 2.66 bits per heavy atom. The molecule has 4 N–H and O–H groups in total. The van der Waals surface area contributed by atoms with Gasteiger partial charge in [-0.15, -0.1) is 0 Å². The minimum absolute atomic E-state index is 0.0468. The number of fused-ring (bicyclic) bond motifs is 1. The number of aliphatic hydroxyl groups excluding tert-OH is 1. The minimum atomic E-state index is -4.76. The molecular weight excluding hydrogens is 591 g/mol. The molecule has 0 radical (unpaired) electrons. The number of carbonyl (C=O) groups excluding carboxylic acids is 2. The van der Waals surface area contributed by atoms with Crippen LogP contribution in [0.25, 0.3) is 11.1 Å². The second-order valence-electron chi connectivity index (χ2n) is 10.2. The second-order valence-corrected chi connectivity index (χ2v) is 10.2. The number of aliphatic hydroxyl groups is 1. The molecule has 2 amide bonds. The van der Waals surface area contributed by atoms with Crippen LogP contribution in [0.4, 0.5) is 33.6 Å². The van der Waals surface area contributed by atoms with E-state index in [1.54, 1.807) is 0 Å². The van der Waals surface area contributed by atoms with E-state index < -0.39 is 59.1 Å². The molecule has 1 aromatic heterocycles. The summed E-state index contributed by atoms with van der Waals surface area (Å²) in [5.41, 5.74) is 3.27. The summed E-state index contributed by atoms with van der Waals surface area (Å²) in [5.74, 6) is -5.33. The Morgan fingerprint density at radius 2 is 1.93 bits per heavy atom. The average molecular weight is 619 g/mol. The number of carbonyl (C=O) groups is 2. The molecule has 232 valence electrons. The number of alkyl halides is 3. The van der Waals surface area contributed by atoms with Gasteiger partial charge in [0.15, 0.2) is 11.6 Å². The summed E-state index contributed by atoms with van der Waals surface area (Å²) in [7, 11) is 1.22. The number of hydrazine groups is 1. The van der Waals surface area contributed by atoms with Crippen LogP contribution in [-0.4, -0.2) is 56.6 Å². The molecule has 15 heteroatoms. The SMILES string of the molecule is COc1nc(N)ncc1-c1cc(C(F)(F)F)ccc1NC(=O)C1=C(O)C2CCCCCN2N(Cc2cccc(F)c2F)C1=O. The number of ether oxygens (including phenoxy) is 1. The van der Waals surface area contributed by atoms with Crippen molar-refractivity contribution in [3.63, 3.8) is 0 Å². The molecule has 1 saturated heterocycles. The number of amides is 2. The van der Waals surface area contributed by atoms with E-state index in [0.29, 0.717) is 25.8 Å². The van der Waals surface area contributed by atoms with Crippen molar-refractivity contribution in [2.75, 3.05) is 24.7 Å². The van der Waals surface area contributed by atoms with Crippen LogP contribution in [0, 0.1) is 11.6 Å². The average Bonchev–Trinajstić information content (AvgIpc) is 3.23. The van der Waals surface area contributed by atoms with Crippen molar-refractivity contribution in [2.45, 2.75) is 44.4 Å². The third-order valence-corrected chi connectivity index (χ3v) is 7.48. The maximum atomic E-state index is 14.6. The summed E-state index contributed by atoms with van der Waals surface area (Å²) in [6.07, 6.45) is -1.23. The molecule has 2 aliphatic rings. The number of anilines is 2. The highest BCUT2D eigenvalue weighted by Crippen LogP contribution is 2.40. The maximum absolute atomic E-state index is 14.6. The Bertz CT molecular complexity index is 1650. The van der Waals surface area contributed by atoms with Gasteiger partial charge in [0.25, 0.3) is 11.8 Å². The molecule has 2 aliphatic heterocycles.